The minimum Gasteiger partial charge on any atom is -0.383 e. The molecule has 0 bridgehead atoms. The van der Waals surface area contributed by atoms with E-state index in [1.165, 1.54) is 17.7 Å². The molecule has 1 aliphatic rings. The highest BCUT2D eigenvalue weighted by atomic mass is 35.5. The molecule has 0 amide bonds. The average Bonchev–Trinajstić information content (AvgIpc) is 3.18. The van der Waals surface area contributed by atoms with Gasteiger partial charge in [0.1, 0.15) is 17.5 Å². The summed E-state index contributed by atoms with van der Waals surface area (Å²) in [6.07, 6.45) is 3.28. The van der Waals surface area contributed by atoms with Crippen molar-refractivity contribution < 1.29 is 0 Å². The number of hydrogen-bond donors (Lipinski definition) is 2. The first kappa shape index (κ1) is 13.6. The van der Waals surface area contributed by atoms with Gasteiger partial charge in [0.2, 0.25) is 0 Å². The number of nitrogens with one attached hydrogen (secondary N) is 1. The molecule has 3 rings (SSSR count). The normalized spacial score (nSPS) is 14.5. The fourth-order valence-electron chi connectivity index (χ4n) is 2.04. The smallest absolute Gasteiger partial charge is 0.136 e. The topological polar surface area (TPSA) is 63.8 Å². The van der Waals surface area contributed by atoms with Gasteiger partial charge in [0.15, 0.2) is 0 Å². The van der Waals surface area contributed by atoms with Crippen LogP contribution in [0.3, 0.4) is 0 Å². The second kappa shape index (κ2) is 5.58. The molecule has 4 nitrogen and oxygen atoms in total. The Labute approximate surface area is 127 Å². The van der Waals surface area contributed by atoms with Crippen LogP contribution in [0.1, 0.15) is 35.0 Å². The highest BCUT2D eigenvalue weighted by Gasteiger charge is 2.27. The van der Waals surface area contributed by atoms with Crippen molar-refractivity contribution in [3.63, 3.8) is 0 Å². The maximum atomic E-state index is 5.97. The summed E-state index contributed by atoms with van der Waals surface area (Å²) in [5, 5.41) is 3.37. The van der Waals surface area contributed by atoms with Gasteiger partial charge in [-0.05, 0) is 38.3 Å². The lowest BCUT2D eigenvalue weighted by atomic mass is 10.2. The Morgan fingerprint density at radius 3 is 2.85 bits per heavy atom. The van der Waals surface area contributed by atoms with Crippen LogP contribution in [0, 0.1) is 6.92 Å². The van der Waals surface area contributed by atoms with E-state index in [9.17, 15) is 0 Å². The van der Waals surface area contributed by atoms with Crippen molar-refractivity contribution in [2.24, 2.45) is 0 Å². The Hall–Kier alpha value is -1.33. The highest BCUT2D eigenvalue weighted by molar-refractivity contribution is 7.16. The summed E-state index contributed by atoms with van der Waals surface area (Å²) in [6.45, 7) is 2.77. The first-order valence-corrected chi connectivity index (χ1v) is 7.95. The molecule has 0 saturated heterocycles. The number of aromatic nitrogens is 2. The van der Waals surface area contributed by atoms with Gasteiger partial charge in [-0.1, -0.05) is 11.6 Å². The van der Waals surface area contributed by atoms with Crippen molar-refractivity contribution in [2.75, 3.05) is 17.6 Å². The van der Waals surface area contributed by atoms with E-state index in [4.69, 9.17) is 17.3 Å². The minimum absolute atomic E-state index is 0.509. The van der Waals surface area contributed by atoms with Crippen LogP contribution in [0.4, 0.5) is 11.6 Å². The van der Waals surface area contributed by atoms with Crippen LogP contribution in [0.15, 0.2) is 12.1 Å². The molecule has 0 aromatic carbocycles. The monoisotopic (exact) mass is 308 g/mol. The predicted molar refractivity (Wildman–Crippen MR) is 84.7 cm³/mol. The van der Waals surface area contributed by atoms with Gasteiger partial charge < -0.3 is 11.1 Å². The molecule has 3 N–H and O–H groups in total. The molecule has 0 aliphatic heterocycles. The Kier molecular flexibility index (Phi) is 3.81. The van der Waals surface area contributed by atoms with E-state index in [0.29, 0.717) is 11.7 Å². The Morgan fingerprint density at radius 2 is 2.20 bits per heavy atom. The summed E-state index contributed by atoms with van der Waals surface area (Å²) in [7, 11) is 0. The van der Waals surface area contributed by atoms with E-state index in [-0.39, 0.29) is 0 Å². The van der Waals surface area contributed by atoms with Crippen molar-refractivity contribution in [1.82, 2.24) is 9.97 Å². The van der Waals surface area contributed by atoms with Crippen LogP contribution >= 0.6 is 22.9 Å². The summed E-state index contributed by atoms with van der Waals surface area (Å²) in [5.74, 6) is 2.84. The van der Waals surface area contributed by atoms with E-state index < -0.39 is 0 Å². The van der Waals surface area contributed by atoms with E-state index in [0.717, 1.165) is 34.5 Å². The molecule has 2 aromatic rings. The summed E-state index contributed by atoms with van der Waals surface area (Å²) >= 11 is 7.54. The molecule has 2 heterocycles. The summed E-state index contributed by atoms with van der Waals surface area (Å²) in [6, 6.07) is 3.99. The number of nitrogen functional groups attached to an aromatic ring is 1. The third-order valence-electron chi connectivity index (χ3n) is 3.44. The quantitative estimate of drug-likeness (QED) is 0.885. The van der Waals surface area contributed by atoms with Crippen LogP contribution in [0.25, 0.3) is 0 Å². The predicted octanol–water partition coefficient (Wildman–Crippen LogP) is 3.61. The van der Waals surface area contributed by atoms with Crippen molar-refractivity contribution in [3.05, 3.63) is 32.7 Å². The standard InChI is InChI=1S/C14H17ClN4S/c1-8-12(16)18-14(9-2-3-9)19-13(8)17-7-6-10-4-5-11(15)20-10/h4-5,9H,2-3,6-7H2,1H3,(H3,16,17,18,19). The van der Waals surface area contributed by atoms with Crippen LogP contribution in [0.2, 0.25) is 4.34 Å². The van der Waals surface area contributed by atoms with Crippen LogP contribution in [-0.2, 0) is 6.42 Å². The Balaban J connectivity index is 1.67. The number of halogens is 1. The second-order valence-electron chi connectivity index (χ2n) is 5.10. The molecule has 2 aromatic heterocycles. The Morgan fingerprint density at radius 1 is 1.40 bits per heavy atom. The molecule has 0 atom stereocenters. The summed E-state index contributed by atoms with van der Waals surface area (Å²) in [5.41, 5.74) is 6.90. The second-order valence-corrected chi connectivity index (χ2v) is 6.90. The number of anilines is 2. The first-order valence-electron chi connectivity index (χ1n) is 6.75. The molecule has 20 heavy (non-hydrogen) atoms. The molecular formula is C14H17ClN4S. The fraction of sp³-hybridized carbons (Fsp3) is 0.429. The zero-order valence-corrected chi connectivity index (χ0v) is 12.9. The van der Waals surface area contributed by atoms with Crippen molar-refractivity contribution in [2.45, 2.75) is 32.1 Å². The van der Waals surface area contributed by atoms with E-state index >= 15 is 0 Å². The van der Waals surface area contributed by atoms with Gasteiger partial charge in [0, 0.05) is 22.9 Å². The molecule has 0 spiro atoms. The average molecular weight is 309 g/mol. The lowest BCUT2D eigenvalue weighted by Gasteiger charge is -2.11. The molecule has 1 aliphatic carbocycles. The lowest BCUT2D eigenvalue weighted by molar-refractivity contribution is 0.913. The number of hydrogen-bond acceptors (Lipinski definition) is 5. The zero-order valence-electron chi connectivity index (χ0n) is 11.3. The van der Waals surface area contributed by atoms with Crippen molar-refractivity contribution >= 4 is 34.6 Å². The van der Waals surface area contributed by atoms with Gasteiger partial charge in [-0.3, -0.25) is 0 Å². The first-order chi connectivity index (χ1) is 9.63. The van der Waals surface area contributed by atoms with Crippen LogP contribution < -0.4 is 11.1 Å². The number of nitrogens with zero attached hydrogens (tertiary/aromatic N) is 2. The van der Waals surface area contributed by atoms with Crippen LogP contribution in [0.5, 0.6) is 0 Å². The van der Waals surface area contributed by atoms with Gasteiger partial charge in [-0.25, -0.2) is 9.97 Å². The summed E-state index contributed by atoms with van der Waals surface area (Å²) < 4.78 is 0.832. The van der Waals surface area contributed by atoms with Gasteiger partial charge in [-0.15, -0.1) is 11.3 Å². The minimum atomic E-state index is 0.509. The van der Waals surface area contributed by atoms with Crippen LogP contribution in [-0.4, -0.2) is 16.5 Å². The van der Waals surface area contributed by atoms with Gasteiger partial charge in [-0.2, -0.15) is 0 Å². The maximum absolute atomic E-state index is 5.97. The lowest BCUT2D eigenvalue weighted by Crippen LogP contribution is -2.11. The third kappa shape index (κ3) is 3.04. The molecular weight excluding hydrogens is 292 g/mol. The Bertz CT molecular complexity index is 622. The van der Waals surface area contributed by atoms with Gasteiger partial charge in [0.25, 0.3) is 0 Å². The molecule has 0 radical (unpaired) electrons. The third-order valence-corrected chi connectivity index (χ3v) is 4.73. The largest absolute Gasteiger partial charge is 0.383 e. The molecule has 0 unspecified atom stereocenters. The van der Waals surface area contributed by atoms with E-state index in [1.807, 2.05) is 13.0 Å². The zero-order chi connectivity index (χ0) is 14.1. The molecule has 106 valence electrons. The highest BCUT2D eigenvalue weighted by Crippen LogP contribution is 2.39. The van der Waals surface area contributed by atoms with Gasteiger partial charge in [0.05, 0.1) is 4.34 Å². The van der Waals surface area contributed by atoms with Crippen molar-refractivity contribution in [3.8, 4) is 0 Å². The fourth-order valence-corrected chi connectivity index (χ4v) is 3.13. The summed E-state index contributed by atoms with van der Waals surface area (Å²) in [4.78, 5) is 10.3. The van der Waals surface area contributed by atoms with Gasteiger partial charge >= 0.3 is 0 Å². The van der Waals surface area contributed by atoms with E-state index in [2.05, 4.69) is 21.4 Å². The number of thiophene rings is 1. The molecule has 1 fully saturated rings. The number of nitrogens with two attached hydrogens (primary N) is 1. The van der Waals surface area contributed by atoms with E-state index in [1.54, 1.807) is 11.3 Å². The SMILES string of the molecule is Cc1c(N)nc(C2CC2)nc1NCCc1ccc(Cl)s1. The number of rotatable bonds is 5. The molecule has 1 saturated carbocycles. The maximum Gasteiger partial charge on any atom is 0.136 e. The van der Waals surface area contributed by atoms with Crippen molar-refractivity contribution in [1.29, 1.82) is 0 Å². The molecule has 6 heteroatoms.